The first-order valence-corrected chi connectivity index (χ1v) is 6.57. The lowest BCUT2D eigenvalue weighted by molar-refractivity contribution is -0.143. The predicted molar refractivity (Wildman–Crippen MR) is 77.8 cm³/mol. The summed E-state index contributed by atoms with van der Waals surface area (Å²) in [5, 5.41) is 8.89. The molecule has 2 rings (SSSR count). The van der Waals surface area contributed by atoms with E-state index in [4.69, 9.17) is 10.00 Å². The fraction of sp³-hybridized carbons (Fsp3) is 0.214. The van der Waals surface area contributed by atoms with Gasteiger partial charge in [0.05, 0.1) is 18.4 Å². The third-order valence-electron chi connectivity index (χ3n) is 3.25. The van der Waals surface area contributed by atoms with Crippen molar-refractivity contribution in [3.05, 3.63) is 56.1 Å². The van der Waals surface area contributed by atoms with E-state index >= 15 is 0 Å². The maximum atomic E-state index is 14.2. The summed E-state index contributed by atoms with van der Waals surface area (Å²) in [6.45, 7) is 0. The van der Waals surface area contributed by atoms with Crippen molar-refractivity contribution in [3.63, 3.8) is 0 Å². The minimum Gasteiger partial charge on any atom is -0.495 e. The molecule has 0 saturated carbocycles. The van der Waals surface area contributed by atoms with Crippen molar-refractivity contribution in [1.82, 2.24) is 9.24 Å². The molecule has 0 radical (unpaired) electrons. The minimum absolute atomic E-state index is 0.0610. The van der Waals surface area contributed by atoms with Crippen LogP contribution >= 0.6 is 0 Å². The van der Waals surface area contributed by atoms with Crippen LogP contribution in [0.2, 0.25) is 0 Å². The summed E-state index contributed by atoms with van der Waals surface area (Å²) in [5.74, 6) is -1.31. The first-order chi connectivity index (χ1) is 11.6. The van der Waals surface area contributed by atoms with Gasteiger partial charge in [-0.3, -0.25) is 4.79 Å². The van der Waals surface area contributed by atoms with Gasteiger partial charge in [0.25, 0.3) is 5.56 Å². The summed E-state index contributed by atoms with van der Waals surface area (Å²) in [6, 6.07) is 3.39. The molecule has 1 N–H and O–H groups in total. The van der Waals surface area contributed by atoms with Crippen LogP contribution in [0.3, 0.4) is 0 Å². The number of rotatable bonds is 3. The highest BCUT2D eigenvalue weighted by molar-refractivity contribution is 5.51. The Bertz CT molecular complexity index is 986. The number of benzene rings is 1. The van der Waals surface area contributed by atoms with Gasteiger partial charge in [-0.15, -0.1) is 0 Å². The van der Waals surface area contributed by atoms with Crippen LogP contribution in [-0.4, -0.2) is 23.4 Å². The number of hydrogen-bond donors (Lipinski definition) is 1. The lowest BCUT2D eigenvalue weighted by Crippen LogP contribution is -2.44. The second kappa shape index (κ2) is 6.31. The van der Waals surface area contributed by atoms with Crippen LogP contribution in [0.25, 0.3) is 5.69 Å². The van der Waals surface area contributed by atoms with E-state index in [9.17, 15) is 27.2 Å². The molecule has 11 heteroatoms. The first kappa shape index (κ1) is 18.1. The normalized spacial score (nSPS) is 11.1. The molecular weight excluding hydrogens is 348 g/mol. The van der Waals surface area contributed by atoms with Crippen LogP contribution in [0, 0.1) is 17.1 Å². The Balaban J connectivity index is 2.89. The van der Waals surface area contributed by atoms with Gasteiger partial charge in [-0.05, 0) is 6.07 Å². The van der Waals surface area contributed by atoms with E-state index in [1.165, 1.54) is 7.11 Å². The standard InChI is InChI=1S/C14H10F4N4O3/c1-20-22-11(14(16,17)18)5-12(23)21(13(22)24)9-4-10(25-2)7(6-19)3-8(9)15/h3-5,20H,1-2H3. The van der Waals surface area contributed by atoms with E-state index in [1.807, 2.05) is 5.43 Å². The van der Waals surface area contributed by atoms with Crippen molar-refractivity contribution in [2.24, 2.45) is 0 Å². The zero-order chi connectivity index (χ0) is 18.9. The Morgan fingerprint density at radius 2 is 1.88 bits per heavy atom. The number of methoxy groups -OCH3 is 1. The zero-order valence-electron chi connectivity index (χ0n) is 12.8. The number of nitrogens with zero attached hydrogens (tertiary/aromatic N) is 3. The predicted octanol–water partition coefficient (Wildman–Crippen LogP) is 1.21. The number of nitrogens with one attached hydrogen (secondary N) is 1. The van der Waals surface area contributed by atoms with Gasteiger partial charge in [0.15, 0.2) is 5.69 Å². The maximum Gasteiger partial charge on any atom is 0.433 e. The molecule has 0 saturated heterocycles. The summed E-state index contributed by atoms with van der Waals surface area (Å²) >= 11 is 0. The lowest BCUT2D eigenvalue weighted by Gasteiger charge is -2.17. The highest BCUT2D eigenvalue weighted by atomic mass is 19.4. The highest BCUT2D eigenvalue weighted by Gasteiger charge is 2.36. The van der Waals surface area contributed by atoms with Gasteiger partial charge >= 0.3 is 11.9 Å². The van der Waals surface area contributed by atoms with Crippen molar-refractivity contribution in [3.8, 4) is 17.5 Å². The van der Waals surface area contributed by atoms with Gasteiger partial charge in [0, 0.05) is 19.2 Å². The van der Waals surface area contributed by atoms with Crippen LogP contribution in [0.1, 0.15) is 11.3 Å². The number of aromatic nitrogens is 2. The summed E-state index contributed by atoms with van der Waals surface area (Å²) in [4.78, 5) is 24.3. The van der Waals surface area contributed by atoms with Crippen LogP contribution < -0.4 is 21.4 Å². The van der Waals surface area contributed by atoms with Crippen molar-refractivity contribution in [2.45, 2.75) is 6.18 Å². The molecule has 1 aromatic heterocycles. The number of alkyl halides is 3. The smallest absolute Gasteiger partial charge is 0.433 e. The van der Waals surface area contributed by atoms with E-state index < -0.39 is 34.6 Å². The van der Waals surface area contributed by atoms with Gasteiger partial charge in [0.1, 0.15) is 17.6 Å². The van der Waals surface area contributed by atoms with E-state index in [0.29, 0.717) is 6.07 Å². The molecule has 2 aromatic rings. The molecular formula is C14H10F4N4O3. The first-order valence-electron chi connectivity index (χ1n) is 6.57. The topological polar surface area (TPSA) is 89.0 Å². The molecule has 0 aliphatic rings. The largest absolute Gasteiger partial charge is 0.495 e. The Kier molecular flexibility index (Phi) is 4.56. The van der Waals surface area contributed by atoms with Crippen molar-refractivity contribution < 1.29 is 22.3 Å². The average molecular weight is 358 g/mol. The maximum absolute atomic E-state index is 14.2. The zero-order valence-corrected chi connectivity index (χ0v) is 12.8. The van der Waals surface area contributed by atoms with E-state index in [1.54, 1.807) is 6.07 Å². The molecule has 0 amide bonds. The molecule has 0 atom stereocenters. The van der Waals surface area contributed by atoms with Crippen LogP contribution in [0.4, 0.5) is 17.6 Å². The summed E-state index contributed by atoms with van der Waals surface area (Å²) in [6.07, 6.45) is -4.98. The second-order valence-corrected chi connectivity index (χ2v) is 4.66. The molecule has 1 heterocycles. The monoisotopic (exact) mass is 358 g/mol. The average Bonchev–Trinajstić information content (AvgIpc) is 2.54. The molecule has 0 aliphatic heterocycles. The Morgan fingerprint density at radius 3 is 2.36 bits per heavy atom. The molecule has 0 fully saturated rings. The molecule has 132 valence electrons. The summed E-state index contributed by atoms with van der Waals surface area (Å²) < 4.78 is 58.2. The number of halogens is 4. The molecule has 0 bridgehead atoms. The second-order valence-electron chi connectivity index (χ2n) is 4.66. The number of ether oxygens (including phenoxy) is 1. The molecule has 0 unspecified atom stereocenters. The van der Waals surface area contributed by atoms with Crippen LogP contribution in [0.5, 0.6) is 5.75 Å². The van der Waals surface area contributed by atoms with Gasteiger partial charge in [0.2, 0.25) is 0 Å². The minimum atomic E-state index is -4.98. The molecule has 7 nitrogen and oxygen atoms in total. The van der Waals surface area contributed by atoms with Crippen molar-refractivity contribution in [1.29, 1.82) is 5.26 Å². The fourth-order valence-electron chi connectivity index (χ4n) is 2.16. The van der Waals surface area contributed by atoms with Crippen molar-refractivity contribution >= 4 is 0 Å². The molecule has 1 aromatic carbocycles. The van der Waals surface area contributed by atoms with Crippen LogP contribution in [-0.2, 0) is 6.18 Å². The summed E-state index contributed by atoms with van der Waals surface area (Å²) in [7, 11) is 2.19. The van der Waals surface area contributed by atoms with E-state index in [-0.39, 0.29) is 26.6 Å². The quantitative estimate of drug-likeness (QED) is 0.834. The highest BCUT2D eigenvalue weighted by Crippen LogP contribution is 2.27. The Morgan fingerprint density at radius 1 is 1.24 bits per heavy atom. The SMILES string of the molecule is CNn1c(C(F)(F)F)cc(=O)n(-c2cc(OC)c(C#N)cc2F)c1=O. The fourth-order valence-corrected chi connectivity index (χ4v) is 2.16. The Hall–Kier alpha value is -3.29. The van der Waals surface area contributed by atoms with Gasteiger partial charge < -0.3 is 10.2 Å². The summed E-state index contributed by atoms with van der Waals surface area (Å²) in [5.41, 5.74) is -3.26. The number of hydrogen-bond acceptors (Lipinski definition) is 5. The van der Waals surface area contributed by atoms with Crippen LogP contribution in [0.15, 0.2) is 27.8 Å². The third-order valence-corrected chi connectivity index (χ3v) is 3.25. The van der Waals surface area contributed by atoms with E-state index in [2.05, 4.69) is 0 Å². The third kappa shape index (κ3) is 3.06. The van der Waals surface area contributed by atoms with Gasteiger partial charge in [-0.1, -0.05) is 0 Å². The molecule has 0 aliphatic carbocycles. The van der Waals surface area contributed by atoms with Gasteiger partial charge in [-0.2, -0.15) is 18.4 Å². The lowest BCUT2D eigenvalue weighted by atomic mass is 10.2. The molecule has 25 heavy (non-hydrogen) atoms. The number of nitriles is 1. The van der Waals surface area contributed by atoms with Gasteiger partial charge in [-0.25, -0.2) is 18.4 Å². The van der Waals surface area contributed by atoms with E-state index in [0.717, 1.165) is 13.1 Å². The Labute approximate surface area is 137 Å². The molecule has 0 spiro atoms. The van der Waals surface area contributed by atoms with Crippen molar-refractivity contribution in [2.75, 3.05) is 19.6 Å².